The quantitative estimate of drug-likeness (QED) is 0.772. The third-order valence-corrected chi connectivity index (χ3v) is 2.44. The molecular weight excluding hydrogens is 198 g/mol. The second kappa shape index (κ2) is 4.71. The molecule has 1 radical (unpaired) electrons. The van der Waals surface area contributed by atoms with Gasteiger partial charge >= 0.3 is 7.48 Å². The van der Waals surface area contributed by atoms with Crippen LogP contribution in [0, 0.1) is 0 Å². The fourth-order valence-corrected chi connectivity index (χ4v) is 1.68. The first-order valence-electron chi connectivity index (χ1n) is 4.45. The number of hydrogen-bond donors (Lipinski definition) is 1. The van der Waals surface area contributed by atoms with Crippen LogP contribution in [-0.4, -0.2) is 19.6 Å². The molecule has 1 rings (SSSR count). The van der Waals surface area contributed by atoms with E-state index in [9.17, 15) is 0 Å². The second-order valence-electron chi connectivity index (χ2n) is 3.40. The van der Waals surface area contributed by atoms with E-state index in [1.807, 2.05) is 6.07 Å². The molecule has 1 N–H and O–H groups in total. The molecule has 0 bridgehead atoms. The van der Waals surface area contributed by atoms with Crippen LogP contribution >= 0.6 is 11.6 Å². The smallest absolute Gasteiger partial charge is 0.330 e. The highest BCUT2D eigenvalue weighted by atomic mass is 35.5. The Morgan fingerprint density at radius 2 is 2.07 bits per heavy atom. The molecule has 0 saturated heterocycles. The monoisotopic (exact) mass is 211 g/mol. The molecule has 0 saturated carbocycles. The summed E-state index contributed by atoms with van der Waals surface area (Å²) >= 11 is 6.06. The van der Waals surface area contributed by atoms with E-state index >= 15 is 0 Å². The average Bonchev–Trinajstić information content (AvgIpc) is 2.16. The zero-order valence-electron chi connectivity index (χ0n) is 8.54. The van der Waals surface area contributed by atoms with Crippen molar-refractivity contribution in [3.63, 3.8) is 0 Å². The lowest BCUT2D eigenvalue weighted by atomic mass is 9.85. The Balaban J connectivity index is 3.23. The molecule has 1 aromatic carbocycles. The van der Waals surface area contributed by atoms with Gasteiger partial charge in [-0.05, 0) is 23.0 Å². The van der Waals surface area contributed by atoms with Gasteiger partial charge in [0.1, 0.15) is 5.75 Å². The summed E-state index contributed by atoms with van der Waals surface area (Å²) in [6, 6.07) is 3.56. The Morgan fingerprint density at radius 1 is 1.43 bits per heavy atom. The van der Waals surface area contributed by atoms with Gasteiger partial charge in [0, 0.05) is 5.02 Å². The lowest BCUT2D eigenvalue weighted by molar-refractivity contribution is 0.417. The second-order valence-corrected chi connectivity index (χ2v) is 3.81. The molecule has 75 valence electrons. The van der Waals surface area contributed by atoms with Crippen LogP contribution in [-0.2, 0) is 0 Å². The van der Waals surface area contributed by atoms with Crippen molar-refractivity contribution in [1.29, 1.82) is 0 Å². The van der Waals surface area contributed by atoms with E-state index in [1.54, 1.807) is 13.2 Å². The largest absolute Gasteiger partial charge is 0.497 e. The number of methoxy groups -OCH3 is 1. The number of benzene rings is 1. The molecule has 0 spiro atoms. The number of rotatable bonds is 3. The number of hydrogen-bond acceptors (Lipinski definition) is 2. The molecule has 0 fully saturated rings. The summed E-state index contributed by atoms with van der Waals surface area (Å²) in [6.07, 6.45) is 0. The zero-order chi connectivity index (χ0) is 10.7. The predicted octanol–water partition coefficient (Wildman–Crippen LogP) is 1.71. The molecule has 1 aromatic rings. The minimum absolute atomic E-state index is 0.326. The van der Waals surface area contributed by atoms with Crippen molar-refractivity contribution < 1.29 is 9.76 Å². The molecule has 0 atom stereocenters. The Kier molecular flexibility index (Phi) is 3.84. The minimum atomic E-state index is 0.326. The minimum Gasteiger partial charge on any atom is -0.497 e. The van der Waals surface area contributed by atoms with Gasteiger partial charge in [0.25, 0.3) is 0 Å². The van der Waals surface area contributed by atoms with Gasteiger partial charge < -0.3 is 9.76 Å². The third kappa shape index (κ3) is 2.22. The Morgan fingerprint density at radius 3 is 2.50 bits per heavy atom. The summed E-state index contributed by atoms with van der Waals surface area (Å²) in [7, 11) is 2.58. The van der Waals surface area contributed by atoms with Gasteiger partial charge in [-0.15, -0.1) is 0 Å². The molecule has 0 heterocycles. The number of halogens is 1. The maximum atomic E-state index is 9.00. The summed E-state index contributed by atoms with van der Waals surface area (Å²) in [5.41, 5.74) is 1.66. The van der Waals surface area contributed by atoms with Crippen LogP contribution in [0.1, 0.15) is 25.3 Å². The topological polar surface area (TPSA) is 29.5 Å². The maximum Gasteiger partial charge on any atom is 0.330 e. The van der Waals surface area contributed by atoms with Crippen LogP contribution in [0.2, 0.25) is 5.02 Å². The first-order chi connectivity index (χ1) is 6.60. The average molecular weight is 211 g/mol. The van der Waals surface area contributed by atoms with Crippen molar-refractivity contribution in [2.45, 2.75) is 19.8 Å². The molecule has 0 amide bonds. The lowest BCUT2D eigenvalue weighted by Crippen LogP contribution is -2.17. The fraction of sp³-hybridized carbons (Fsp3) is 0.400. The fourth-order valence-electron chi connectivity index (χ4n) is 1.31. The van der Waals surface area contributed by atoms with Crippen molar-refractivity contribution in [1.82, 2.24) is 0 Å². The van der Waals surface area contributed by atoms with Gasteiger partial charge in [-0.25, -0.2) is 0 Å². The van der Waals surface area contributed by atoms with Crippen LogP contribution < -0.4 is 10.2 Å². The van der Waals surface area contributed by atoms with Crippen molar-refractivity contribution in [2.75, 3.05) is 7.11 Å². The summed E-state index contributed by atoms with van der Waals surface area (Å²) in [5.74, 6) is 0.911. The van der Waals surface area contributed by atoms with Crippen LogP contribution in [0.5, 0.6) is 5.75 Å². The predicted molar refractivity (Wildman–Crippen MR) is 59.7 cm³/mol. The first kappa shape index (κ1) is 11.4. The summed E-state index contributed by atoms with van der Waals surface area (Å²) < 4.78 is 5.08. The van der Waals surface area contributed by atoms with E-state index in [2.05, 4.69) is 13.8 Å². The summed E-state index contributed by atoms with van der Waals surface area (Å²) in [6.45, 7) is 4.10. The molecule has 0 aliphatic rings. The lowest BCUT2D eigenvalue weighted by Gasteiger charge is -2.13. The standard InChI is InChI=1S/C10H13BClO2/c1-6(2)7-4-8(11-13)10(14-3)5-9(7)12/h4-6,13H,1-3H3. The summed E-state index contributed by atoms with van der Waals surface area (Å²) in [5, 5.41) is 9.67. The van der Waals surface area contributed by atoms with E-state index in [1.165, 1.54) is 0 Å². The van der Waals surface area contributed by atoms with Gasteiger partial charge in [-0.2, -0.15) is 0 Å². The van der Waals surface area contributed by atoms with Gasteiger partial charge in [0.2, 0.25) is 0 Å². The van der Waals surface area contributed by atoms with Crippen molar-refractivity contribution in [3.8, 4) is 5.75 Å². The van der Waals surface area contributed by atoms with Crippen molar-refractivity contribution in [3.05, 3.63) is 22.7 Å². The SMILES string of the molecule is COc1cc(Cl)c(C(C)C)cc1[B]O. The molecular formula is C10H13BClO2. The molecule has 0 aliphatic heterocycles. The van der Waals surface area contributed by atoms with Gasteiger partial charge in [0.15, 0.2) is 0 Å². The molecule has 14 heavy (non-hydrogen) atoms. The highest BCUT2D eigenvalue weighted by Gasteiger charge is 2.11. The highest BCUT2D eigenvalue weighted by molar-refractivity contribution is 6.47. The zero-order valence-corrected chi connectivity index (χ0v) is 9.30. The molecule has 0 aliphatic carbocycles. The molecule has 4 heteroatoms. The van der Waals surface area contributed by atoms with E-state index in [4.69, 9.17) is 21.4 Å². The van der Waals surface area contributed by atoms with Crippen LogP contribution in [0.4, 0.5) is 0 Å². The van der Waals surface area contributed by atoms with Crippen LogP contribution in [0.25, 0.3) is 0 Å². The third-order valence-electron chi connectivity index (χ3n) is 2.11. The number of ether oxygens (including phenoxy) is 1. The molecule has 2 nitrogen and oxygen atoms in total. The van der Waals surface area contributed by atoms with Gasteiger partial charge in [0.05, 0.1) is 7.11 Å². The van der Waals surface area contributed by atoms with Crippen molar-refractivity contribution >= 4 is 24.5 Å². The van der Waals surface area contributed by atoms with Crippen LogP contribution in [0.15, 0.2) is 12.1 Å². The van der Waals surface area contributed by atoms with Gasteiger partial charge in [-0.3, -0.25) is 0 Å². The Hall–Kier alpha value is -0.665. The normalized spacial score (nSPS) is 10.4. The van der Waals surface area contributed by atoms with E-state index in [0.29, 0.717) is 22.2 Å². The van der Waals surface area contributed by atoms with Gasteiger partial charge in [-0.1, -0.05) is 31.5 Å². The Labute approximate surface area is 90.1 Å². The van der Waals surface area contributed by atoms with E-state index < -0.39 is 0 Å². The summed E-state index contributed by atoms with van der Waals surface area (Å²) in [4.78, 5) is 0. The maximum absolute atomic E-state index is 9.00. The van der Waals surface area contributed by atoms with E-state index in [0.717, 1.165) is 13.0 Å². The molecule has 0 unspecified atom stereocenters. The highest BCUT2D eigenvalue weighted by Crippen LogP contribution is 2.26. The molecule has 0 aromatic heterocycles. The van der Waals surface area contributed by atoms with Crippen LogP contribution in [0.3, 0.4) is 0 Å². The Bertz CT molecular complexity index is 326. The van der Waals surface area contributed by atoms with Crippen molar-refractivity contribution in [2.24, 2.45) is 0 Å². The van der Waals surface area contributed by atoms with E-state index in [-0.39, 0.29) is 0 Å². The first-order valence-corrected chi connectivity index (χ1v) is 4.82.